The number of rotatable bonds is 6. The summed E-state index contributed by atoms with van der Waals surface area (Å²) in [6, 6.07) is 0. The van der Waals surface area contributed by atoms with Crippen LogP contribution >= 0.6 is 0 Å². The summed E-state index contributed by atoms with van der Waals surface area (Å²) in [6.45, 7) is 7.86. The van der Waals surface area contributed by atoms with Crippen LogP contribution in [0, 0.1) is 0 Å². The highest BCUT2D eigenvalue weighted by molar-refractivity contribution is 5.66. The topological polar surface area (TPSA) is 76.0 Å². The summed E-state index contributed by atoms with van der Waals surface area (Å²) in [5.41, 5.74) is 0. The van der Waals surface area contributed by atoms with Crippen molar-refractivity contribution < 1.29 is 24.5 Å². The second-order valence-corrected chi connectivity index (χ2v) is 3.53. The Labute approximate surface area is 97.4 Å². The van der Waals surface area contributed by atoms with E-state index in [4.69, 9.17) is 19.7 Å². The van der Waals surface area contributed by atoms with Crippen molar-refractivity contribution in [3.63, 3.8) is 0 Å². The van der Waals surface area contributed by atoms with Crippen LogP contribution in [0.1, 0.15) is 34.1 Å². The average molecular weight is 236 g/mol. The molecular weight excluding hydrogens is 212 g/mol. The van der Waals surface area contributed by atoms with Crippen LogP contribution in [0.5, 0.6) is 0 Å². The summed E-state index contributed by atoms with van der Waals surface area (Å²) in [4.78, 5) is 10.4. The molecule has 5 heteroatoms. The van der Waals surface area contributed by atoms with E-state index in [2.05, 4.69) is 0 Å². The van der Waals surface area contributed by atoms with E-state index < -0.39 is 6.10 Å². The maximum Gasteiger partial charge on any atom is 0.302 e. The largest absolute Gasteiger partial charge is 0.460 e. The van der Waals surface area contributed by atoms with Crippen LogP contribution < -0.4 is 0 Å². The first-order chi connectivity index (χ1) is 7.43. The van der Waals surface area contributed by atoms with Gasteiger partial charge < -0.3 is 19.7 Å². The summed E-state index contributed by atoms with van der Waals surface area (Å²) in [5.74, 6) is -0.252. The molecule has 0 spiro atoms. The van der Waals surface area contributed by atoms with Crippen LogP contribution in [0.15, 0.2) is 0 Å². The molecule has 0 aromatic carbocycles. The minimum Gasteiger partial charge on any atom is -0.460 e. The van der Waals surface area contributed by atoms with Crippen molar-refractivity contribution in [2.24, 2.45) is 0 Å². The van der Waals surface area contributed by atoms with Crippen LogP contribution in [0.4, 0.5) is 0 Å². The smallest absolute Gasteiger partial charge is 0.302 e. The van der Waals surface area contributed by atoms with Crippen LogP contribution in [-0.2, 0) is 14.3 Å². The maximum atomic E-state index is 10.4. The van der Waals surface area contributed by atoms with E-state index in [9.17, 15) is 4.79 Å². The minimum absolute atomic E-state index is 0.126. The molecule has 0 radical (unpaired) electrons. The normalized spacial score (nSPS) is 13.4. The fourth-order valence-corrected chi connectivity index (χ4v) is 0.711. The van der Waals surface area contributed by atoms with Gasteiger partial charge in [0.2, 0.25) is 0 Å². The molecule has 2 N–H and O–H groups in total. The zero-order valence-electron chi connectivity index (χ0n) is 10.6. The predicted molar refractivity (Wildman–Crippen MR) is 61.1 cm³/mol. The van der Waals surface area contributed by atoms with Gasteiger partial charge in [0.05, 0.1) is 19.3 Å². The Bertz CT molecular complexity index is 158. The second kappa shape index (κ2) is 12.4. The Balaban J connectivity index is 0. The third-order valence-corrected chi connectivity index (χ3v) is 1.33. The zero-order valence-corrected chi connectivity index (χ0v) is 10.6. The molecule has 2 unspecified atom stereocenters. The first kappa shape index (κ1) is 17.7. The van der Waals surface area contributed by atoms with Crippen molar-refractivity contribution in [3.8, 4) is 0 Å². The fourth-order valence-electron chi connectivity index (χ4n) is 0.711. The predicted octanol–water partition coefficient (Wildman–Crippen LogP) is 0.724. The standard InChI is InChI=1S/C8H16O3.C3H8O2/c1-4-5-10-6-7(2)11-8(3)9;1-3(5)2-4/h7H,4-6H2,1-3H3;3-5H,2H2,1H3. The molecule has 0 amide bonds. The molecule has 0 aromatic heterocycles. The van der Waals surface area contributed by atoms with Gasteiger partial charge in [0, 0.05) is 13.5 Å². The number of aliphatic hydroxyl groups is 2. The Kier molecular flexibility index (Phi) is 13.8. The second-order valence-electron chi connectivity index (χ2n) is 3.53. The number of aliphatic hydroxyl groups excluding tert-OH is 2. The van der Waals surface area contributed by atoms with Crippen molar-refractivity contribution in [3.05, 3.63) is 0 Å². The van der Waals surface area contributed by atoms with Crippen LogP contribution in [-0.4, -0.2) is 48.2 Å². The van der Waals surface area contributed by atoms with Gasteiger partial charge in [-0.2, -0.15) is 0 Å². The van der Waals surface area contributed by atoms with Gasteiger partial charge in [0.25, 0.3) is 0 Å². The highest BCUT2D eigenvalue weighted by atomic mass is 16.6. The number of esters is 1. The van der Waals surface area contributed by atoms with Gasteiger partial charge in [-0.25, -0.2) is 0 Å². The molecule has 0 aliphatic heterocycles. The quantitative estimate of drug-likeness (QED) is 0.525. The van der Waals surface area contributed by atoms with Gasteiger partial charge in [0.1, 0.15) is 6.10 Å². The zero-order chi connectivity index (χ0) is 13.0. The summed E-state index contributed by atoms with van der Waals surface area (Å²) < 4.78 is 10.0. The van der Waals surface area contributed by atoms with Gasteiger partial charge in [-0.3, -0.25) is 4.79 Å². The number of carbonyl (C=O) groups is 1. The first-order valence-electron chi connectivity index (χ1n) is 5.47. The SMILES string of the molecule is CC(O)CO.CCCOCC(C)OC(C)=O. The van der Waals surface area contributed by atoms with Gasteiger partial charge in [0.15, 0.2) is 0 Å². The van der Waals surface area contributed by atoms with Crippen molar-refractivity contribution in [2.45, 2.75) is 46.3 Å². The number of hydrogen-bond acceptors (Lipinski definition) is 5. The number of ether oxygens (including phenoxy) is 2. The monoisotopic (exact) mass is 236 g/mol. The molecule has 2 atom stereocenters. The summed E-state index contributed by atoms with van der Waals surface area (Å²) in [7, 11) is 0. The fraction of sp³-hybridized carbons (Fsp3) is 0.909. The van der Waals surface area contributed by atoms with E-state index in [1.807, 2.05) is 13.8 Å². The molecule has 98 valence electrons. The molecule has 0 saturated carbocycles. The Hall–Kier alpha value is -0.650. The molecule has 0 aliphatic carbocycles. The van der Waals surface area contributed by atoms with Crippen LogP contribution in [0.25, 0.3) is 0 Å². The van der Waals surface area contributed by atoms with E-state index in [0.29, 0.717) is 6.61 Å². The van der Waals surface area contributed by atoms with E-state index in [1.165, 1.54) is 13.8 Å². The third-order valence-electron chi connectivity index (χ3n) is 1.33. The van der Waals surface area contributed by atoms with Crippen molar-refractivity contribution in [2.75, 3.05) is 19.8 Å². The lowest BCUT2D eigenvalue weighted by Gasteiger charge is -2.11. The highest BCUT2D eigenvalue weighted by Gasteiger charge is 2.03. The summed E-state index contributed by atoms with van der Waals surface area (Å²) in [5, 5.41) is 16.0. The molecule has 0 rings (SSSR count). The number of carbonyl (C=O) groups excluding carboxylic acids is 1. The maximum absolute atomic E-state index is 10.4. The van der Waals surface area contributed by atoms with Crippen molar-refractivity contribution in [1.82, 2.24) is 0 Å². The summed E-state index contributed by atoms with van der Waals surface area (Å²) >= 11 is 0. The molecule has 0 aliphatic rings. The lowest BCUT2D eigenvalue weighted by atomic mass is 10.4. The van der Waals surface area contributed by atoms with Crippen molar-refractivity contribution in [1.29, 1.82) is 0 Å². The molecule has 0 heterocycles. The summed E-state index contributed by atoms with van der Waals surface area (Å²) in [6.07, 6.45) is 0.307. The average Bonchev–Trinajstić information content (AvgIpc) is 2.18. The number of hydrogen-bond donors (Lipinski definition) is 2. The molecular formula is C11H24O5. The molecule has 0 fully saturated rings. The highest BCUT2D eigenvalue weighted by Crippen LogP contribution is 1.92. The lowest BCUT2D eigenvalue weighted by Crippen LogP contribution is -2.18. The van der Waals surface area contributed by atoms with Crippen LogP contribution in [0.2, 0.25) is 0 Å². The van der Waals surface area contributed by atoms with Crippen molar-refractivity contribution >= 4 is 5.97 Å². The third kappa shape index (κ3) is 19.0. The molecule has 0 aromatic rings. The lowest BCUT2D eigenvalue weighted by molar-refractivity contribution is -0.148. The van der Waals surface area contributed by atoms with E-state index in [-0.39, 0.29) is 18.7 Å². The van der Waals surface area contributed by atoms with Crippen LogP contribution in [0.3, 0.4) is 0 Å². The van der Waals surface area contributed by atoms with E-state index in [1.54, 1.807) is 0 Å². The van der Waals surface area contributed by atoms with Gasteiger partial charge in [-0.05, 0) is 20.3 Å². The Morgan fingerprint density at radius 1 is 1.38 bits per heavy atom. The van der Waals surface area contributed by atoms with Gasteiger partial charge >= 0.3 is 5.97 Å². The Morgan fingerprint density at radius 3 is 2.19 bits per heavy atom. The van der Waals surface area contributed by atoms with Gasteiger partial charge in [-0.15, -0.1) is 0 Å². The molecule has 0 saturated heterocycles. The van der Waals surface area contributed by atoms with E-state index in [0.717, 1.165) is 13.0 Å². The van der Waals surface area contributed by atoms with Gasteiger partial charge in [-0.1, -0.05) is 6.92 Å². The Morgan fingerprint density at radius 2 is 1.88 bits per heavy atom. The molecule has 5 nitrogen and oxygen atoms in total. The minimum atomic E-state index is -0.560. The molecule has 16 heavy (non-hydrogen) atoms. The first-order valence-corrected chi connectivity index (χ1v) is 5.47. The molecule has 0 bridgehead atoms. The van der Waals surface area contributed by atoms with E-state index >= 15 is 0 Å².